The number of aliphatic hydroxyl groups excluding tert-OH is 1. The summed E-state index contributed by atoms with van der Waals surface area (Å²) in [5.74, 6) is -0.0538. The van der Waals surface area contributed by atoms with E-state index in [4.69, 9.17) is 4.74 Å². The lowest BCUT2D eigenvalue weighted by molar-refractivity contribution is -0.156. The highest BCUT2D eigenvalue weighted by atomic mass is 16.5. The molecule has 0 fully saturated rings. The third kappa shape index (κ3) is 5.22. The fraction of sp³-hybridized carbons (Fsp3) is 0.909. The van der Waals surface area contributed by atoms with Gasteiger partial charge in [-0.05, 0) is 12.8 Å². The van der Waals surface area contributed by atoms with Gasteiger partial charge < -0.3 is 9.84 Å². The first kappa shape index (κ1) is 13.4. The smallest absolute Gasteiger partial charge is 0.308 e. The quantitative estimate of drug-likeness (QED) is 0.693. The van der Waals surface area contributed by atoms with Crippen molar-refractivity contribution in [2.24, 2.45) is 11.8 Å². The zero-order valence-electron chi connectivity index (χ0n) is 9.78. The second-order valence-corrected chi connectivity index (χ2v) is 4.46. The molecule has 0 bridgehead atoms. The van der Waals surface area contributed by atoms with Gasteiger partial charge in [0.2, 0.25) is 0 Å². The Kier molecular flexibility index (Phi) is 5.77. The molecule has 1 N–H and O–H groups in total. The molecule has 0 aliphatic heterocycles. The molecule has 14 heavy (non-hydrogen) atoms. The molecule has 0 aliphatic carbocycles. The lowest BCUT2D eigenvalue weighted by Crippen LogP contribution is -2.29. The van der Waals surface area contributed by atoms with Crippen LogP contribution in [-0.4, -0.2) is 23.3 Å². The fourth-order valence-electron chi connectivity index (χ4n) is 1.08. The van der Waals surface area contributed by atoms with Gasteiger partial charge in [0.05, 0.1) is 12.0 Å². The van der Waals surface area contributed by atoms with Crippen molar-refractivity contribution in [3.8, 4) is 0 Å². The van der Waals surface area contributed by atoms with Crippen LogP contribution in [0.5, 0.6) is 0 Å². The van der Waals surface area contributed by atoms with Gasteiger partial charge in [0, 0.05) is 6.42 Å². The number of esters is 1. The van der Waals surface area contributed by atoms with E-state index in [1.807, 2.05) is 27.7 Å². The van der Waals surface area contributed by atoms with Crippen LogP contribution in [-0.2, 0) is 9.53 Å². The Bertz CT molecular complexity index is 173. The van der Waals surface area contributed by atoms with Crippen molar-refractivity contribution in [1.82, 2.24) is 0 Å². The predicted octanol–water partition coefficient (Wildman–Crippen LogP) is 1.98. The van der Waals surface area contributed by atoms with Gasteiger partial charge in [0.25, 0.3) is 0 Å². The molecule has 0 aliphatic rings. The van der Waals surface area contributed by atoms with Crippen LogP contribution in [0.4, 0.5) is 0 Å². The van der Waals surface area contributed by atoms with Crippen LogP contribution in [0.1, 0.15) is 41.0 Å². The molecule has 0 saturated heterocycles. The minimum absolute atomic E-state index is 0.106. The van der Waals surface area contributed by atoms with Crippen LogP contribution in [0.15, 0.2) is 0 Å². The van der Waals surface area contributed by atoms with E-state index >= 15 is 0 Å². The summed E-state index contributed by atoms with van der Waals surface area (Å²) in [5, 5.41) is 9.23. The Labute approximate surface area is 86.5 Å². The SMILES string of the molecule is CC(C)C(=O)O[C@H](C[C@H](C)O)C(C)C. The van der Waals surface area contributed by atoms with Crippen molar-refractivity contribution in [1.29, 1.82) is 0 Å². The third-order valence-corrected chi connectivity index (χ3v) is 2.06. The van der Waals surface area contributed by atoms with Crippen molar-refractivity contribution in [3.05, 3.63) is 0 Å². The maximum Gasteiger partial charge on any atom is 0.308 e. The number of hydrogen-bond donors (Lipinski definition) is 1. The summed E-state index contributed by atoms with van der Waals surface area (Å²) >= 11 is 0. The van der Waals surface area contributed by atoms with Crippen molar-refractivity contribution in [3.63, 3.8) is 0 Å². The summed E-state index contributed by atoms with van der Waals surface area (Å²) in [5.41, 5.74) is 0. The summed E-state index contributed by atoms with van der Waals surface area (Å²) in [6, 6.07) is 0. The van der Waals surface area contributed by atoms with E-state index in [1.165, 1.54) is 0 Å². The second kappa shape index (κ2) is 6.02. The number of ether oxygens (including phenoxy) is 1. The maximum absolute atomic E-state index is 11.3. The molecule has 0 radical (unpaired) electrons. The Hall–Kier alpha value is -0.570. The Balaban J connectivity index is 4.16. The van der Waals surface area contributed by atoms with E-state index in [1.54, 1.807) is 6.92 Å². The van der Waals surface area contributed by atoms with E-state index in [-0.39, 0.29) is 23.9 Å². The van der Waals surface area contributed by atoms with Gasteiger partial charge >= 0.3 is 5.97 Å². The Morgan fingerprint density at radius 2 is 1.71 bits per heavy atom. The highest BCUT2D eigenvalue weighted by molar-refractivity contribution is 5.71. The van der Waals surface area contributed by atoms with Gasteiger partial charge in [-0.3, -0.25) is 4.79 Å². The number of carbonyl (C=O) groups is 1. The molecule has 0 unspecified atom stereocenters. The first-order chi connectivity index (χ1) is 6.34. The Morgan fingerprint density at radius 3 is 2.00 bits per heavy atom. The average Bonchev–Trinajstić information content (AvgIpc) is 2.01. The van der Waals surface area contributed by atoms with Gasteiger partial charge in [-0.15, -0.1) is 0 Å². The molecule has 0 saturated carbocycles. The highest BCUT2D eigenvalue weighted by Crippen LogP contribution is 2.15. The zero-order valence-corrected chi connectivity index (χ0v) is 9.78. The van der Waals surface area contributed by atoms with E-state index in [0.29, 0.717) is 6.42 Å². The first-order valence-electron chi connectivity index (χ1n) is 5.23. The van der Waals surface area contributed by atoms with Crippen molar-refractivity contribution < 1.29 is 14.6 Å². The van der Waals surface area contributed by atoms with Crippen molar-refractivity contribution in [2.75, 3.05) is 0 Å². The molecule has 84 valence electrons. The van der Waals surface area contributed by atoms with E-state index in [2.05, 4.69) is 0 Å². The molecular formula is C11H22O3. The normalized spacial score (nSPS) is 15.7. The summed E-state index contributed by atoms with van der Waals surface area (Å²) in [6.07, 6.45) is -0.0943. The lowest BCUT2D eigenvalue weighted by atomic mass is 10.0. The monoisotopic (exact) mass is 202 g/mol. The molecule has 0 aromatic rings. The standard InChI is InChI=1S/C11H22O3/c1-7(2)10(6-9(5)12)14-11(13)8(3)4/h7-10,12H,6H2,1-5H3/t9-,10+/m0/s1. The maximum atomic E-state index is 11.3. The van der Waals surface area contributed by atoms with Crippen LogP contribution in [0, 0.1) is 11.8 Å². The highest BCUT2D eigenvalue weighted by Gasteiger charge is 2.21. The molecular weight excluding hydrogens is 180 g/mol. The van der Waals surface area contributed by atoms with Gasteiger partial charge in [0.1, 0.15) is 6.10 Å². The predicted molar refractivity (Wildman–Crippen MR) is 55.9 cm³/mol. The minimum atomic E-state index is -0.428. The zero-order chi connectivity index (χ0) is 11.3. The van der Waals surface area contributed by atoms with Crippen LogP contribution >= 0.6 is 0 Å². The average molecular weight is 202 g/mol. The fourth-order valence-corrected chi connectivity index (χ4v) is 1.08. The topological polar surface area (TPSA) is 46.5 Å². The van der Waals surface area contributed by atoms with E-state index < -0.39 is 6.10 Å². The number of rotatable bonds is 5. The van der Waals surface area contributed by atoms with Crippen molar-refractivity contribution >= 4 is 5.97 Å². The van der Waals surface area contributed by atoms with Crippen LogP contribution in [0.3, 0.4) is 0 Å². The summed E-state index contributed by atoms with van der Waals surface area (Å²) < 4.78 is 5.29. The minimum Gasteiger partial charge on any atom is -0.462 e. The Morgan fingerprint density at radius 1 is 1.21 bits per heavy atom. The summed E-state index contributed by atoms with van der Waals surface area (Å²) in [6.45, 7) is 9.30. The molecule has 0 aromatic heterocycles. The molecule has 0 aromatic carbocycles. The molecule has 3 nitrogen and oxygen atoms in total. The van der Waals surface area contributed by atoms with E-state index in [0.717, 1.165) is 0 Å². The van der Waals surface area contributed by atoms with Crippen LogP contribution in [0.2, 0.25) is 0 Å². The first-order valence-corrected chi connectivity index (χ1v) is 5.23. The molecule has 2 atom stereocenters. The van der Waals surface area contributed by atoms with Crippen molar-refractivity contribution in [2.45, 2.75) is 53.2 Å². The van der Waals surface area contributed by atoms with Gasteiger partial charge in [-0.25, -0.2) is 0 Å². The van der Waals surface area contributed by atoms with Gasteiger partial charge in [-0.1, -0.05) is 27.7 Å². The van der Waals surface area contributed by atoms with Gasteiger partial charge in [-0.2, -0.15) is 0 Å². The third-order valence-electron chi connectivity index (χ3n) is 2.06. The second-order valence-electron chi connectivity index (χ2n) is 4.46. The van der Waals surface area contributed by atoms with Crippen LogP contribution in [0.25, 0.3) is 0 Å². The summed E-state index contributed by atoms with van der Waals surface area (Å²) in [7, 11) is 0. The molecule has 0 spiro atoms. The molecule has 0 heterocycles. The van der Waals surface area contributed by atoms with E-state index in [9.17, 15) is 9.90 Å². The lowest BCUT2D eigenvalue weighted by Gasteiger charge is -2.23. The number of aliphatic hydroxyl groups is 1. The summed E-state index contributed by atoms with van der Waals surface area (Å²) in [4.78, 5) is 11.3. The number of carbonyl (C=O) groups excluding carboxylic acids is 1. The number of hydrogen-bond acceptors (Lipinski definition) is 3. The molecule has 3 heteroatoms. The largest absolute Gasteiger partial charge is 0.462 e. The van der Waals surface area contributed by atoms with Gasteiger partial charge in [0.15, 0.2) is 0 Å². The molecule has 0 rings (SSSR count). The van der Waals surface area contributed by atoms with Crippen LogP contribution < -0.4 is 0 Å². The molecule has 0 amide bonds.